The number of hydrogen-bond donors (Lipinski definition) is 0. The average molecular weight is 358 g/mol. The largest absolute Gasteiger partial charge is 0.497 e. The first-order chi connectivity index (χ1) is 12.7. The smallest absolute Gasteiger partial charge is 0.237 e. The van der Waals surface area contributed by atoms with Crippen LogP contribution in [0.4, 0.5) is 0 Å². The van der Waals surface area contributed by atoms with Gasteiger partial charge in [-0.15, -0.1) is 0 Å². The third kappa shape index (κ3) is 4.04. The van der Waals surface area contributed by atoms with Crippen LogP contribution < -0.4 is 4.74 Å². The fraction of sp³-hybridized carbons (Fsp3) is 0.667. The van der Waals surface area contributed by atoms with Crippen LogP contribution in [0.5, 0.6) is 5.75 Å². The van der Waals surface area contributed by atoms with Crippen molar-refractivity contribution < 1.29 is 14.3 Å². The molecule has 1 heterocycles. The third-order valence-electron chi connectivity index (χ3n) is 6.00. The summed E-state index contributed by atoms with van der Waals surface area (Å²) in [6.45, 7) is 2.80. The number of benzene rings is 1. The van der Waals surface area contributed by atoms with Gasteiger partial charge < -0.3 is 14.4 Å². The summed E-state index contributed by atoms with van der Waals surface area (Å²) in [6.07, 6.45) is 7.32. The second-order valence-corrected chi connectivity index (χ2v) is 7.83. The lowest BCUT2D eigenvalue weighted by Crippen LogP contribution is -2.56. The van der Waals surface area contributed by atoms with Gasteiger partial charge in [0.05, 0.1) is 32.4 Å². The molecule has 0 spiro atoms. The zero-order valence-corrected chi connectivity index (χ0v) is 15.7. The number of hydrogen-bond acceptors (Lipinski definition) is 4. The molecule has 5 heteroatoms. The summed E-state index contributed by atoms with van der Waals surface area (Å²) in [5, 5.41) is 0. The topological polar surface area (TPSA) is 42.0 Å². The van der Waals surface area contributed by atoms with Gasteiger partial charge in [-0.05, 0) is 43.4 Å². The number of rotatable bonds is 6. The molecule has 0 N–H and O–H groups in total. The van der Waals surface area contributed by atoms with Gasteiger partial charge in [0.25, 0.3) is 0 Å². The Morgan fingerprint density at radius 2 is 1.96 bits per heavy atom. The van der Waals surface area contributed by atoms with Gasteiger partial charge in [0.1, 0.15) is 5.75 Å². The zero-order chi connectivity index (χ0) is 17.9. The molecule has 1 saturated heterocycles. The van der Waals surface area contributed by atoms with E-state index in [2.05, 4.69) is 21.9 Å². The van der Waals surface area contributed by atoms with Crippen LogP contribution in [-0.4, -0.2) is 60.7 Å². The third-order valence-corrected chi connectivity index (χ3v) is 6.00. The van der Waals surface area contributed by atoms with Crippen LogP contribution in [-0.2, 0) is 16.1 Å². The molecule has 2 aliphatic carbocycles. The van der Waals surface area contributed by atoms with E-state index in [1.54, 1.807) is 7.11 Å². The average Bonchev–Trinajstić information content (AvgIpc) is 3.53. The molecule has 3 fully saturated rings. The van der Waals surface area contributed by atoms with E-state index in [1.165, 1.54) is 31.2 Å². The van der Waals surface area contributed by atoms with E-state index in [1.807, 2.05) is 12.1 Å². The molecule has 1 amide bonds. The standard InChI is InChI=1S/C21H30N2O3/c1-25-18-10-6-16(7-11-18)14-22(17-8-9-17)15-21(24)23-12-13-26-20-5-3-2-4-19(20)23/h6-7,10-11,17,19-20H,2-5,8-9,12-15H2,1H3. The van der Waals surface area contributed by atoms with Gasteiger partial charge >= 0.3 is 0 Å². The van der Waals surface area contributed by atoms with Gasteiger partial charge in [0.2, 0.25) is 5.91 Å². The lowest BCUT2D eigenvalue weighted by Gasteiger charge is -2.44. The molecular formula is C21H30N2O3. The molecule has 4 rings (SSSR count). The molecule has 1 aromatic rings. The van der Waals surface area contributed by atoms with Crippen molar-refractivity contribution in [2.75, 3.05) is 26.8 Å². The first kappa shape index (κ1) is 17.8. The Labute approximate surface area is 156 Å². The first-order valence-electron chi connectivity index (χ1n) is 10.0. The SMILES string of the molecule is COc1ccc(CN(CC(=O)N2CCOC3CCCCC32)C2CC2)cc1. The van der Waals surface area contributed by atoms with Gasteiger partial charge in [-0.2, -0.15) is 0 Å². The van der Waals surface area contributed by atoms with Gasteiger partial charge in [0, 0.05) is 19.1 Å². The Bertz CT molecular complexity index is 612. The molecular weight excluding hydrogens is 328 g/mol. The van der Waals surface area contributed by atoms with E-state index in [0.717, 1.165) is 31.7 Å². The van der Waals surface area contributed by atoms with E-state index in [0.29, 0.717) is 25.2 Å². The van der Waals surface area contributed by atoms with Crippen molar-refractivity contribution in [3.8, 4) is 5.75 Å². The minimum atomic E-state index is 0.261. The fourth-order valence-electron chi connectivity index (χ4n) is 4.39. The molecule has 1 aromatic carbocycles. The summed E-state index contributed by atoms with van der Waals surface area (Å²) in [5.74, 6) is 1.16. The van der Waals surface area contributed by atoms with E-state index in [-0.39, 0.29) is 12.0 Å². The summed E-state index contributed by atoms with van der Waals surface area (Å²) in [7, 11) is 1.69. The minimum Gasteiger partial charge on any atom is -0.497 e. The van der Waals surface area contributed by atoms with Crippen LogP contribution in [0.15, 0.2) is 24.3 Å². The van der Waals surface area contributed by atoms with E-state index in [4.69, 9.17) is 9.47 Å². The number of ether oxygens (including phenoxy) is 2. The van der Waals surface area contributed by atoms with E-state index in [9.17, 15) is 4.79 Å². The molecule has 2 atom stereocenters. The van der Waals surface area contributed by atoms with Gasteiger partial charge in [-0.1, -0.05) is 25.0 Å². The molecule has 142 valence electrons. The number of methoxy groups -OCH3 is 1. The van der Waals surface area contributed by atoms with Crippen molar-refractivity contribution in [3.63, 3.8) is 0 Å². The number of nitrogens with zero attached hydrogens (tertiary/aromatic N) is 2. The molecule has 0 radical (unpaired) electrons. The van der Waals surface area contributed by atoms with Crippen molar-refractivity contribution >= 4 is 5.91 Å². The maximum absolute atomic E-state index is 13.1. The molecule has 1 aliphatic heterocycles. The molecule has 0 aromatic heterocycles. The number of amides is 1. The summed E-state index contributed by atoms with van der Waals surface area (Å²) < 4.78 is 11.2. The van der Waals surface area contributed by atoms with Crippen LogP contribution >= 0.6 is 0 Å². The van der Waals surface area contributed by atoms with Crippen molar-refractivity contribution in [1.82, 2.24) is 9.80 Å². The van der Waals surface area contributed by atoms with Gasteiger partial charge in [0.15, 0.2) is 0 Å². The molecule has 26 heavy (non-hydrogen) atoms. The molecule has 2 unspecified atom stereocenters. The highest BCUT2D eigenvalue weighted by atomic mass is 16.5. The van der Waals surface area contributed by atoms with Gasteiger partial charge in [-0.3, -0.25) is 9.69 Å². The molecule has 2 saturated carbocycles. The monoisotopic (exact) mass is 358 g/mol. The van der Waals surface area contributed by atoms with Crippen molar-refractivity contribution in [1.29, 1.82) is 0 Å². The fourth-order valence-corrected chi connectivity index (χ4v) is 4.39. The zero-order valence-electron chi connectivity index (χ0n) is 15.7. The Morgan fingerprint density at radius 3 is 2.69 bits per heavy atom. The normalized spacial score (nSPS) is 25.8. The maximum Gasteiger partial charge on any atom is 0.237 e. The second-order valence-electron chi connectivity index (χ2n) is 7.83. The van der Waals surface area contributed by atoms with E-state index < -0.39 is 0 Å². The Hall–Kier alpha value is -1.59. The van der Waals surface area contributed by atoms with Crippen molar-refractivity contribution in [2.45, 2.75) is 63.3 Å². The maximum atomic E-state index is 13.1. The number of carbonyl (C=O) groups is 1. The quantitative estimate of drug-likeness (QED) is 0.784. The first-order valence-corrected chi connectivity index (χ1v) is 10.0. The summed E-state index contributed by atoms with van der Waals surface area (Å²) in [4.78, 5) is 17.6. The van der Waals surface area contributed by atoms with Crippen LogP contribution in [0.3, 0.4) is 0 Å². The Kier molecular flexibility index (Phi) is 5.46. The van der Waals surface area contributed by atoms with E-state index >= 15 is 0 Å². The second kappa shape index (κ2) is 7.97. The number of fused-ring (bicyclic) bond motifs is 1. The predicted molar refractivity (Wildman–Crippen MR) is 100 cm³/mol. The van der Waals surface area contributed by atoms with Crippen molar-refractivity contribution in [2.24, 2.45) is 0 Å². The highest BCUT2D eigenvalue weighted by molar-refractivity contribution is 5.79. The summed E-state index contributed by atoms with van der Waals surface area (Å²) >= 11 is 0. The lowest BCUT2D eigenvalue weighted by molar-refractivity contribution is -0.150. The molecule has 0 bridgehead atoms. The summed E-state index contributed by atoms with van der Waals surface area (Å²) in [5.41, 5.74) is 1.24. The highest BCUT2D eigenvalue weighted by Crippen LogP contribution is 2.31. The lowest BCUT2D eigenvalue weighted by atomic mass is 9.90. The van der Waals surface area contributed by atoms with Crippen LogP contribution in [0.25, 0.3) is 0 Å². The van der Waals surface area contributed by atoms with Gasteiger partial charge in [-0.25, -0.2) is 0 Å². The minimum absolute atomic E-state index is 0.261. The predicted octanol–water partition coefficient (Wildman–Crippen LogP) is 2.83. The number of morpholine rings is 1. The van der Waals surface area contributed by atoms with Crippen molar-refractivity contribution in [3.05, 3.63) is 29.8 Å². The van der Waals surface area contributed by atoms with Crippen LogP contribution in [0, 0.1) is 0 Å². The molecule has 3 aliphatic rings. The molecule has 5 nitrogen and oxygen atoms in total. The Balaban J connectivity index is 1.40. The van der Waals surface area contributed by atoms with Crippen LogP contribution in [0.1, 0.15) is 44.1 Å². The number of carbonyl (C=O) groups excluding carboxylic acids is 1. The summed E-state index contributed by atoms with van der Waals surface area (Å²) in [6, 6.07) is 9.05. The Morgan fingerprint density at radius 1 is 1.19 bits per heavy atom. The highest BCUT2D eigenvalue weighted by Gasteiger charge is 2.38. The van der Waals surface area contributed by atoms with Crippen LogP contribution in [0.2, 0.25) is 0 Å².